The first-order valence-corrected chi connectivity index (χ1v) is 11.1. The highest BCUT2D eigenvalue weighted by Crippen LogP contribution is 2.25. The summed E-state index contributed by atoms with van der Waals surface area (Å²) in [6.07, 6.45) is 9.32. The Kier molecular flexibility index (Phi) is 11.0. The Labute approximate surface area is 198 Å². The molecule has 164 valence electrons. The van der Waals surface area contributed by atoms with Crippen LogP contribution in [0.2, 0.25) is 5.02 Å². The number of benzene rings is 1. The van der Waals surface area contributed by atoms with Gasteiger partial charge in [-0.15, -0.1) is 24.0 Å². The van der Waals surface area contributed by atoms with E-state index in [1.54, 1.807) is 7.11 Å². The first-order chi connectivity index (χ1) is 13.7. The number of nitrogens with one attached hydrogen (secondary N) is 2. The van der Waals surface area contributed by atoms with Crippen molar-refractivity contribution in [3.05, 3.63) is 34.9 Å². The zero-order valence-corrected chi connectivity index (χ0v) is 20.8. The van der Waals surface area contributed by atoms with Crippen molar-refractivity contribution in [2.75, 3.05) is 33.8 Å². The van der Waals surface area contributed by atoms with Crippen molar-refractivity contribution in [2.45, 2.75) is 63.1 Å². The summed E-state index contributed by atoms with van der Waals surface area (Å²) in [5, 5.41) is 7.75. The molecule has 0 spiro atoms. The Morgan fingerprint density at radius 2 is 1.93 bits per heavy atom. The molecular formula is C22H36ClIN4O. The molecule has 2 aliphatic rings. The van der Waals surface area contributed by atoms with Crippen LogP contribution in [0.4, 0.5) is 0 Å². The number of rotatable bonds is 6. The van der Waals surface area contributed by atoms with Crippen molar-refractivity contribution in [3.8, 4) is 0 Å². The zero-order valence-electron chi connectivity index (χ0n) is 17.7. The summed E-state index contributed by atoms with van der Waals surface area (Å²) in [6.45, 7) is 3.04. The molecule has 1 aliphatic carbocycles. The molecule has 5 nitrogen and oxygen atoms in total. The summed E-state index contributed by atoms with van der Waals surface area (Å²) >= 11 is 6.12. The van der Waals surface area contributed by atoms with Gasteiger partial charge in [0.05, 0.1) is 6.10 Å². The summed E-state index contributed by atoms with van der Waals surface area (Å²) in [5.41, 5.74) is 1.07. The van der Waals surface area contributed by atoms with Crippen molar-refractivity contribution >= 4 is 41.5 Å². The minimum Gasteiger partial charge on any atom is -0.375 e. The maximum atomic E-state index is 6.12. The van der Waals surface area contributed by atoms with Crippen molar-refractivity contribution in [3.63, 3.8) is 0 Å². The highest BCUT2D eigenvalue weighted by molar-refractivity contribution is 14.0. The number of likely N-dealkylation sites (tertiary alicyclic amines) is 1. The molecule has 0 aromatic heterocycles. The van der Waals surface area contributed by atoms with E-state index < -0.39 is 0 Å². The third-order valence-electron chi connectivity index (χ3n) is 6.14. The SMILES string of the molecule is CN=C(NCC(OC)c1cccc(Cl)c1)NC1CCN(C2CCCCC2)CC1.I. The fraction of sp³-hybridized carbons (Fsp3) is 0.682. The third-order valence-corrected chi connectivity index (χ3v) is 6.38. The van der Waals surface area contributed by atoms with Gasteiger partial charge in [-0.3, -0.25) is 4.99 Å². The van der Waals surface area contributed by atoms with Crippen LogP contribution in [0, 0.1) is 0 Å². The Balaban J connectivity index is 0.00000300. The average molecular weight is 535 g/mol. The van der Waals surface area contributed by atoms with E-state index in [0.717, 1.165) is 22.6 Å². The number of aliphatic imine (C=N–C) groups is 1. The number of ether oxygens (including phenoxy) is 1. The van der Waals surface area contributed by atoms with E-state index >= 15 is 0 Å². The summed E-state index contributed by atoms with van der Waals surface area (Å²) < 4.78 is 5.65. The monoisotopic (exact) mass is 534 g/mol. The van der Waals surface area contributed by atoms with Crippen molar-refractivity contribution < 1.29 is 4.74 Å². The van der Waals surface area contributed by atoms with E-state index in [2.05, 4.69) is 20.5 Å². The number of guanidine groups is 1. The van der Waals surface area contributed by atoms with E-state index in [9.17, 15) is 0 Å². The van der Waals surface area contributed by atoms with Gasteiger partial charge >= 0.3 is 0 Å². The summed E-state index contributed by atoms with van der Waals surface area (Å²) in [4.78, 5) is 7.12. The lowest BCUT2D eigenvalue weighted by Gasteiger charge is -2.39. The van der Waals surface area contributed by atoms with Crippen LogP contribution >= 0.6 is 35.6 Å². The normalized spacial score (nSPS) is 20.7. The second-order valence-corrected chi connectivity index (χ2v) is 8.42. The van der Waals surface area contributed by atoms with Crippen molar-refractivity contribution in [1.82, 2.24) is 15.5 Å². The number of hydrogen-bond donors (Lipinski definition) is 2. The van der Waals surface area contributed by atoms with Gasteiger partial charge in [0.25, 0.3) is 0 Å². The second-order valence-electron chi connectivity index (χ2n) is 7.98. The molecule has 0 bridgehead atoms. The smallest absolute Gasteiger partial charge is 0.191 e. The Hall–Kier alpha value is -0.570. The fourth-order valence-corrected chi connectivity index (χ4v) is 4.68. The molecule has 1 atom stereocenters. The Bertz CT molecular complexity index is 631. The predicted molar refractivity (Wildman–Crippen MR) is 133 cm³/mol. The van der Waals surface area contributed by atoms with Crippen LogP contribution < -0.4 is 10.6 Å². The maximum absolute atomic E-state index is 6.12. The van der Waals surface area contributed by atoms with E-state index in [4.69, 9.17) is 16.3 Å². The van der Waals surface area contributed by atoms with Crippen LogP contribution in [0.3, 0.4) is 0 Å². The first kappa shape index (κ1) is 24.7. The molecule has 1 heterocycles. The largest absolute Gasteiger partial charge is 0.375 e. The molecule has 7 heteroatoms. The average Bonchev–Trinajstić information content (AvgIpc) is 2.74. The van der Waals surface area contributed by atoms with Crippen LogP contribution in [0.15, 0.2) is 29.3 Å². The van der Waals surface area contributed by atoms with Crippen LogP contribution in [-0.2, 0) is 4.74 Å². The van der Waals surface area contributed by atoms with Crippen molar-refractivity contribution in [1.29, 1.82) is 0 Å². The molecule has 1 saturated carbocycles. The van der Waals surface area contributed by atoms with E-state index in [-0.39, 0.29) is 30.1 Å². The third kappa shape index (κ3) is 7.56. The van der Waals surface area contributed by atoms with Gasteiger partial charge in [-0.25, -0.2) is 0 Å². The minimum absolute atomic E-state index is 0. The van der Waals surface area contributed by atoms with Gasteiger partial charge in [0, 0.05) is 50.9 Å². The van der Waals surface area contributed by atoms with Crippen LogP contribution in [0.25, 0.3) is 0 Å². The molecule has 1 aromatic carbocycles. The first-order valence-electron chi connectivity index (χ1n) is 10.7. The van der Waals surface area contributed by atoms with Gasteiger partial charge in [-0.1, -0.05) is 43.0 Å². The summed E-state index contributed by atoms with van der Waals surface area (Å²) in [6, 6.07) is 9.14. The molecule has 0 amide bonds. The molecule has 3 rings (SSSR count). The van der Waals surface area contributed by atoms with Gasteiger partial charge in [0.2, 0.25) is 0 Å². The molecule has 0 radical (unpaired) electrons. The number of halogens is 2. The molecule has 1 aromatic rings. The summed E-state index contributed by atoms with van der Waals surface area (Å²) in [5.74, 6) is 0.847. The van der Waals surface area contributed by atoms with Crippen LogP contribution in [0.5, 0.6) is 0 Å². The molecule has 1 aliphatic heterocycles. The lowest BCUT2D eigenvalue weighted by Crippen LogP contribution is -2.51. The highest BCUT2D eigenvalue weighted by atomic mass is 127. The molecule has 2 fully saturated rings. The maximum Gasteiger partial charge on any atom is 0.191 e. The minimum atomic E-state index is -0.0644. The Morgan fingerprint density at radius 3 is 2.55 bits per heavy atom. The number of hydrogen-bond acceptors (Lipinski definition) is 3. The molecule has 1 saturated heterocycles. The van der Waals surface area contributed by atoms with E-state index in [1.807, 2.05) is 31.3 Å². The lowest BCUT2D eigenvalue weighted by molar-refractivity contribution is 0.106. The predicted octanol–water partition coefficient (Wildman–Crippen LogP) is 4.61. The number of piperidine rings is 1. The van der Waals surface area contributed by atoms with Crippen molar-refractivity contribution in [2.24, 2.45) is 4.99 Å². The quantitative estimate of drug-likeness (QED) is 0.318. The van der Waals surface area contributed by atoms with Gasteiger partial charge < -0.3 is 20.3 Å². The van der Waals surface area contributed by atoms with Gasteiger partial charge in [-0.05, 0) is 43.4 Å². The van der Waals surface area contributed by atoms with Gasteiger partial charge in [0.15, 0.2) is 5.96 Å². The van der Waals surface area contributed by atoms with E-state index in [0.29, 0.717) is 12.6 Å². The lowest BCUT2D eigenvalue weighted by atomic mass is 9.92. The topological polar surface area (TPSA) is 48.9 Å². The second kappa shape index (κ2) is 13.0. The van der Waals surface area contributed by atoms with Crippen LogP contribution in [-0.4, -0.2) is 56.7 Å². The molecular weight excluding hydrogens is 499 g/mol. The molecule has 1 unspecified atom stereocenters. The standard InChI is InChI=1S/C22H35ClN4O.HI/c1-24-22(25-16-21(28-2)17-7-6-8-18(23)15-17)26-19-11-13-27(14-12-19)20-9-4-3-5-10-20;/h6-8,15,19-21H,3-5,9-14,16H2,1-2H3,(H2,24,25,26);1H. The Morgan fingerprint density at radius 1 is 1.21 bits per heavy atom. The van der Waals surface area contributed by atoms with E-state index in [1.165, 1.54) is 58.0 Å². The zero-order chi connectivity index (χ0) is 19.8. The number of methoxy groups -OCH3 is 1. The number of nitrogens with zero attached hydrogens (tertiary/aromatic N) is 2. The summed E-state index contributed by atoms with van der Waals surface area (Å²) in [7, 11) is 3.55. The van der Waals surface area contributed by atoms with Gasteiger partial charge in [-0.2, -0.15) is 0 Å². The van der Waals surface area contributed by atoms with Gasteiger partial charge in [0.1, 0.15) is 0 Å². The fourth-order valence-electron chi connectivity index (χ4n) is 4.48. The highest BCUT2D eigenvalue weighted by Gasteiger charge is 2.26. The van der Waals surface area contributed by atoms with Crippen LogP contribution in [0.1, 0.15) is 56.6 Å². The molecule has 29 heavy (non-hydrogen) atoms. The molecule has 2 N–H and O–H groups in total.